The van der Waals surface area contributed by atoms with E-state index in [2.05, 4.69) is 9.97 Å². The van der Waals surface area contributed by atoms with Crippen molar-refractivity contribution in [3.8, 4) is 5.75 Å². The van der Waals surface area contributed by atoms with Gasteiger partial charge in [0, 0.05) is 0 Å². The highest BCUT2D eigenvalue weighted by Crippen LogP contribution is 2.53. The van der Waals surface area contributed by atoms with Crippen molar-refractivity contribution in [2.75, 3.05) is 0 Å². The summed E-state index contributed by atoms with van der Waals surface area (Å²) >= 11 is 0. The molecule has 1 aromatic carbocycles. The Kier molecular flexibility index (Phi) is 4.32. The van der Waals surface area contributed by atoms with Crippen LogP contribution in [0.4, 0.5) is 0 Å². The predicted molar refractivity (Wildman–Crippen MR) is 96.0 cm³/mol. The second kappa shape index (κ2) is 5.75. The van der Waals surface area contributed by atoms with Crippen LogP contribution in [-0.4, -0.2) is 19.6 Å². The maximum Gasteiger partial charge on any atom is 0.334 e. The van der Waals surface area contributed by atoms with Crippen LogP contribution in [-0.2, 0) is 5.54 Å². The van der Waals surface area contributed by atoms with E-state index in [1.807, 2.05) is 41.5 Å². The SMILES string of the molecule is CC(C)(C)C(c1ccc(O)cc1)(n1c(=O)[nH]c(=O)[nH]c1=O)C(C)(C)C. The van der Waals surface area contributed by atoms with E-state index in [0.717, 1.165) is 4.57 Å². The van der Waals surface area contributed by atoms with E-state index >= 15 is 0 Å². The van der Waals surface area contributed by atoms with Crippen LogP contribution in [0.2, 0.25) is 0 Å². The molecule has 0 fully saturated rings. The molecular formula is C18H25N3O4. The second-order valence-corrected chi connectivity index (χ2v) is 8.28. The largest absolute Gasteiger partial charge is 0.508 e. The Morgan fingerprint density at radius 2 is 1.20 bits per heavy atom. The van der Waals surface area contributed by atoms with Gasteiger partial charge in [-0.15, -0.1) is 0 Å². The number of hydrogen-bond donors (Lipinski definition) is 3. The van der Waals surface area contributed by atoms with Crippen LogP contribution in [0, 0.1) is 10.8 Å². The number of aromatic hydroxyl groups is 1. The Labute approximate surface area is 145 Å². The summed E-state index contributed by atoms with van der Waals surface area (Å²) in [5.74, 6) is 0.0863. The van der Waals surface area contributed by atoms with E-state index in [0.29, 0.717) is 5.56 Å². The van der Waals surface area contributed by atoms with Crippen LogP contribution >= 0.6 is 0 Å². The molecule has 7 heteroatoms. The van der Waals surface area contributed by atoms with Crippen molar-refractivity contribution in [2.24, 2.45) is 10.8 Å². The minimum absolute atomic E-state index is 0.0863. The lowest BCUT2D eigenvalue weighted by Crippen LogP contribution is -2.64. The number of nitrogens with one attached hydrogen (secondary N) is 2. The average molecular weight is 347 g/mol. The molecule has 136 valence electrons. The minimum Gasteiger partial charge on any atom is -0.508 e. The molecule has 0 amide bonds. The monoisotopic (exact) mass is 347 g/mol. The molecule has 7 nitrogen and oxygen atoms in total. The number of phenolic OH excluding ortho intramolecular Hbond substituents is 1. The smallest absolute Gasteiger partial charge is 0.334 e. The Hall–Kier alpha value is -2.57. The Morgan fingerprint density at radius 1 is 0.800 bits per heavy atom. The average Bonchev–Trinajstić information content (AvgIpc) is 2.41. The van der Waals surface area contributed by atoms with Gasteiger partial charge in [0.25, 0.3) is 0 Å². The van der Waals surface area contributed by atoms with Crippen LogP contribution in [0.25, 0.3) is 0 Å². The molecule has 25 heavy (non-hydrogen) atoms. The first kappa shape index (κ1) is 18.8. The number of nitrogens with zero attached hydrogens (tertiary/aromatic N) is 1. The number of hydrogen-bond acceptors (Lipinski definition) is 4. The van der Waals surface area contributed by atoms with Gasteiger partial charge in [-0.25, -0.2) is 19.0 Å². The van der Waals surface area contributed by atoms with Crippen molar-refractivity contribution < 1.29 is 5.11 Å². The molecule has 3 N–H and O–H groups in total. The third-order valence-corrected chi connectivity index (χ3v) is 4.64. The lowest BCUT2D eigenvalue weighted by Gasteiger charge is -2.54. The van der Waals surface area contributed by atoms with Gasteiger partial charge in [0.15, 0.2) is 0 Å². The standard InChI is InChI=1S/C18H25N3O4/c1-16(2,3)18(17(4,5)6,11-7-9-12(22)10-8-11)21-14(24)19-13(23)20-15(21)25/h7-10,22H,1-6H3,(H2,19,20,23,24,25). The normalized spacial score (nSPS) is 13.0. The highest BCUT2D eigenvalue weighted by atomic mass is 16.3. The van der Waals surface area contributed by atoms with Crippen molar-refractivity contribution in [3.63, 3.8) is 0 Å². The quantitative estimate of drug-likeness (QED) is 0.769. The number of H-pyrrole nitrogens is 2. The molecule has 0 aliphatic carbocycles. The number of aromatic nitrogens is 3. The summed E-state index contributed by atoms with van der Waals surface area (Å²) in [5, 5.41) is 9.66. The van der Waals surface area contributed by atoms with Gasteiger partial charge in [0.2, 0.25) is 0 Å². The highest BCUT2D eigenvalue weighted by molar-refractivity contribution is 5.35. The maximum absolute atomic E-state index is 12.7. The van der Waals surface area contributed by atoms with Crippen molar-refractivity contribution in [1.29, 1.82) is 0 Å². The predicted octanol–water partition coefficient (Wildman–Crippen LogP) is 1.77. The summed E-state index contributed by atoms with van der Waals surface area (Å²) in [5.41, 5.74) is -3.96. The molecule has 2 aromatic rings. The Morgan fingerprint density at radius 3 is 1.56 bits per heavy atom. The first-order valence-electron chi connectivity index (χ1n) is 8.08. The van der Waals surface area contributed by atoms with Gasteiger partial charge >= 0.3 is 17.1 Å². The summed E-state index contributed by atoms with van der Waals surface area (Å²) in [6.45, 7) is 11.6. The first-order chi connectivity index (χ1) is 11.3. The summed E-state index contributed by atoms with van der Waals surface area (Å²) in [6.07, 6.45) is 0. The van der Waals surface area contributed by atoms with Crippen LogP contribution in [0.5, 0.6) is 5.75 Å². The first-order valence-corrected chi connectivity index (χ1v) is 8.08. The zero-order chi connectivity index (χ0) is 19.2. The summed E-state index contributed by atoms with van der Waals surface area (Å²) in [6, 6.07) is 6.44. The van der Waals surface area contributed by atoms with Crippen molar-refractivity contribution in [1.82, 2.24) is 14.5 Å². The van der Waals surface area contributed by atoms with E-state index in [-0.39, 0.29) is 5.75 Å². The lowest BCUT2D eigenvalue weighted by atomic mass is 9.56. The van der Waals surface area contributed by atoms with E-state index in [4.69, 9.17) is 0 Å². The van der Waals surface area contributed by atoms with E-state index in [9.17, 15) is 19.5 Å². The molecule has 0 atom stereocenters. The van der Waals surface area contributed by atoms with Gasteiger partial charge in [-0.1, -0.05) is 53.7 Å². The van der Waals surface area contributed by atoms with Crippen molar-refractivity contribution >= 4 is 0 Å². The fourth-order valence-corrected chi connectivity index (χ4v) is 4.23. The lowest BCUT2D eigenvalue weighted by molar-refractivity contribution is 0.0127. The molecule has 0 radical (unpaired) electrons. The fraction of sp³-hybridized carbons (Fsp3) is 0.500. The molecule has 0 unspecified atom stereocenters. The summed E-state index contributed by atoms with van der Waals surface area (Å²) in [4.78, 5) is 41.2. The molecule has 2 rings (SSSR count). The molecular weight excluding hydrogens is 322 g/mol. The van der Waals surface area contributed by atoms with Crippen LogP contribution < -0.4 is 17.1 Å². The van der Waals surface area contributed by atoms with Gasteiger partial charge < -0.3 is 5.11 Å². The molecule has 0 saturated heterocycles. The van der Waals surface area contributed by atoms with Gasteiger partial charge in [-0.3, -0.25) is 9.97 Å². The number of phenols is 1. The molecule has 1 aromatic heterocycles. The van der Waals surface area contributed by atoms with Crippen LogP contribution in [0.3, 0.4) is 0 Å². The van der Waals surface area contributed by atoms with E-state index < -0.39 is 33.4 Å². The van der Waals surface area contributed by atoms with Gasteiger partial charge in [-0.05, 0) is 28.5 Å². The Bertz CT molecular complexity index is 886. The molecule has 1 heterocycles. The fourth-order valence-electron chi connectivity index (χ4n) is 4.23. The van der Waals surface area contributed by atoms with Crippen LogP contribution in [0.15, 0.2) is 38.6 Å². The summed E-state index contributed by atoms with van der Waals surface area (Å²) < 4.78 is 1.08. The van der Waals surface area contributed by atoms with Crippen LogP contribution in [0.1, 0.15) is 47.1 Å². The molecule has 0 saturated carbocycles. The zero-order valence-electron chi connectivity index (χ0n) is 15.4. The molecule has 0 bridgehead atoms. The van der Waals surface area contributed by atoms with Gasteiger partial charge in [-0.2, -0.15) is 0 Å². The number of rotatable bonds is 2. The topological polar surface area (TPSA) is 108 Å². The number of benzene rings is 1. The minimum atomic E-state index is -1.09. The molecule has 0 aliphatic rings. The highest BCUT2D eigenvalue weighted by Gasteiger charge is 2.55. The molecule has 0 aliphatic heterocycles. The summed E-state index contributed by atoms with van der Waals surface area (Å²) in [7, 11) is 0. The molecule has 0 spiro atoms. The zero-order valence-corrected chi connectivity index (χ0v) is 15.4. The van der Waals surface area contributed by atoms with Gasteiger partial charge in [0.05, 0.1) is 5.54 Å². The van der Waals surface area contributed by atoms with Crippen molar-refractivity contribution in [2.45, 2.75) is 47.1 Å². The van der Waals surface area contributed by atoms with Gasteiger partial charge in [0.1, 0.15) is 5.75 Å². The third-order valence-electron chi connectivity index (χ3n) is 4.64. The Balaban J connectivity index is 3.12. The van der Waals surface area contributed by atoms with Crippen molar-refractivity contribution in [3.05, 3.63) is 61.3 Å². The maximum atomic E-state index is 12.7. The van der Waals surface area contributed by atoms with E-state index in [1.54, 1.807) is 12.1 Å². The van der Waals surface area contributed by atoms with E-state index in [1.165, 1.54) is 12.1 Å². The second-order valence-electron chi connectivity index (χ2n) is 8.28. The third kappa shape index (κ3) is 2.83. The number of aromatic amines is 2.